The second-order valence-electron chi connectivity index (χ2n) is 11.8. The Morgan fingerprint density at radius 3 is 2.38 bits per heavy atom. The molecule has 0 aromatic heterocycles. The molecular weight excluding hydrogens is 681 g/mol. The van der Waals surface area contributed by atoms with Gasteiger partial charge in [0.2, 0.25) is 21.8 Å². The Bertz CT molecular complexity index is 2120. The van der Waals surface area contributed by atoms with Crippen molar-refractivity contribution in [3.05, 3.63) is 89.7 Å². The van der Waals surface area contributed by atoms with Crippen LogP contribution in [0.5, 0.6) is 0 Å². The maximum Gasteiger partial charge on any atom is 0.245 e. The number of benzene rings is 4. The van der Waals surface area contributed by atoms with Gasteiger partial charge in [-0.1, -0.05) is 48.0 Å². The number of piperidine rings is 1. The number of hydrogen-bond acceptors (Lipinski definition) is 7. The van der Waals surface area contributed by atoms with Crippen molar-refractivity contribution in [2.45, 2.75) is 28.7 Å². The van der Waals surface area contributed by atoms with Gasteiger partial charge in [-0.05, 0) is 71.6 Å². The number of amides is 2. The van der Waals surface area contributed by atoms with Crippen LogP contribution in [0.15, 0.2) is 88.7 Å². The zero-order chi connectivity index (χ0) is 34.2. The first-order valence-electron chi connectivity index (χ1n) is 15.3. The number of halogens is 2. The molecule has 6 rings (SSSR count). The van der Waals surface area contributed by atoms with E-state index in [1.54, 1.807) is 42.5 Å². The molecule has 2 fully saturated rings. The molecule has 0 radical (unpaired) electrons. The Morgan fingerprint density at radius 2 is 1.65 bits per heavy atom. The van der Waals surface area contributed by atoms with Gasteiger partial charge in [-0.25, -0.2) is 21.2 Å². The molecule has 0 spiro atoms. The largest absolute Gasteiger partial charge is 0.378 e. The minimum absolute atomic E-state index is 0.0360. The third kappa shape index (κ3) is 6.83. The van der Waals surface area contributed by atoms with Crippen LogP contribution in [-0.2, 0) is 34.2 Å². The number of morpholine rings is 1. The number of carbonyl (C=O) groups is 2. The highest BCUT2D eigenvalue weighted by molar-refractivity contribution is 7.90. The van der Waals surface area contributed by atoms with Crippen LogP contribution in [0.25, 0.3) is 21.9 Å². The van der Waals surface area contributed by atoms with Gasteiger partial charge in [0, 0.05) is 36.5 Å². The molecule has 2 aliphatic heterocycles. The van der Waals surface area contributed by atoms with E-state index in [-0.39, 0.29) is 41.5 Å². The van der Waals surface area contributed by atoms with Crippen LogP contribution in [0, 0.1) is 5.82 Å². The predicted molar refractivity (Wildman–Crippen MR) is 181 cm³/mol. The molecule has 2 heterocycles. The summed E-state index contributed by atoms with van der Waals surface area (Å²) >= 11 is 6.12. The van der Waals surface area contributed by atoms with Crippen molar-refractivity contribution in [3.63, 3.8) is 0 Å². The maximum atomic E-state index is 15.8. The molecule has 0 aliphatic carbocycles. The third-order valence-electron chi connectivity index (χ3n) is 8.63. The van der Waals surface area contributed by atoms with Crippen molar-refractivity contribution in [3.8, 4) is 11.1 Å². The number of anilines is 1. The Hall–Kier alpha value is -3.88. The van der Waals surface area contributed by atoms with Crippen molar-refractivity contribution >= 4 is 59.7 Å². The molecule has 4 aromatic carbocycles. The summed E-state index contributed by atoms with van der Waals surface area (Å²) in [6, 6.07) is 18.6. The first-order valence-corrected chi connectivity index (χ1v) is 19.0. The molecule has 2 amide bonds. The average Bonchev–Trinajstić information content (AvgIpc) is 3.07. The highest BCUT2D eigenvalue weighted by atomic mass is 35.5. The fourth-order valence-electron chi connectivity index (χ4n) is 6.18. The first-order chi connectivity index (χ1) is 22.8. The number of hydrogen-bond donors (Lipinski definition) is 0. The topological polar surface area (TPSA) is 121 Å². The molecule has 4 aromatic rings. The molecule has 2 aliphatic rings. The van der Waals surface area contributed by atoms with Crippen molar-refractivity contribution < 1.29 is 35.6 Å². The van der Waals surface area contributed by atoms with E-state index < -0.39 is 50.1 Å². The van der Waals surface area contributed by atoms with Crippen LogP contribution in [0.4, 0.5) is 10.1 Å². The summed E-state index contributed by atoms with van der Waals surface area (Å²) in [7, 11) is -8.04. The lowest BCUT2D eigenvalue weighted by atomic mass is 10.0. The van der Waals surface area contributed by atoms with Gasteiger partial charge < -0.3 is 14.5 Å². The second-order valence-corrected chi connectivity index (χ2v) is 16.1. The van der Waals surface area contributed by atoms with Crippen LogP contribution in [-0.4, -0.2) is 89.5 Å². The van der Waals surface area contributed by atoms with Crippen molar-refractivity contribution in [1.29, 1.82) is 0 Å². The summed E-state index contributed by atoms with van der Waals surface area (Å²) in [4.78, 5) is 30.3. The summed E-state index contributed by atoms with van der Waals surface area (Å²) in [6.45, 7) is 0.725. The molecule has 14 heteroatoms. The first kappa shape index (κ1) is 34.0. The van der Waals surface area contributed by atoms with E-state index in [0.717, 1.165) is 22.0 Å². The Morgan fingerprint density at radius 1 is 0.938 bits per heavy atom. The summed E-state index contributed by atoms with van der Waals surface area (Å²) < 4.78 is 75.5. The van der Waals surface area contributed by atoms with Crippen LogP contribution in [0.3, 0.4) is 0 Å². The van der Waals surface area contributed by atoms with Crippen LogP contribution >= 0.6 is 11.6 Å². The molecule has 1 atom stereocenters. The van der Waals surface area contributed by atoms with E-state index >= 15 is 4.39 Å². The van der Waals surface area contributed by atoms with Gasteiger partial charge in [-0.15, -0.1) is 0 Å². The molecule has 1 unspecified atom stereocenters. The van der Waals surface area contributed by atoms with E-state index in [9.17, 15) is 26.4 Å². The summed E-state index contributed by atoms with van der Waals surface area (Å²) in [6.07, 6.45) is 1.53. The SMILES string of the molecule is CS(=O)(=O)c1ccccc1-c1ccc(N2CCCC(N(CC(=O)N3CCOCC3)S(=O)(=O)c3ccc4cc(Cl)ccc4c3)C2=O)c(F)c1. The number of fused-ring (bicyclic) bond motifs is 1. The number of rotatable bonds is 8. The number of sulfone groups is 1. The number of ether oxygens (including phenoxy) is 1. The Kier molecular flexibility index (Phi) is 9.60. The fraction of sp³-hybridized carbons (Fsp3) is 0.294. The van der Waals surface area contributed by atoms with Crippen molar-refractivity contribution in [1.82, 2.24) is 9.21 Å². The number of nitrogens with zero attached hydrogens (tertiary/aromatic N) is 3. The van der Waals surface area contributed by atoms with E-state index in [1.165, 1.54) is 40.1 Å². The third-order valence-corrected chi connectivity index (χ3v) is 11.9. The second kappa shape index (κ2) is 13.6. The minimum atomic E-state index is -4.42. The van der Waals surface area contributed by atoms with E-state index in [2.05, 4.69) is 0 Å². The lowest BCUT2D eigenvalue weighted by molar-refractivity contribution is -0.136. The smallest absolute Gasteiger partial charge is 0.245 e. The molecule has 48 heavy (non-hydrogen) atoms. The number of sulfonamides is 1. The van der Waals surface area contributed by atoms with Crippen LogP contribution in [0.2, 0.25) is 5.02 Å². The quantitative estimate of drug-likeness (QED) is 0.259. The van der Waals surface area contributed by atoms with E-state index in [0.29, 0.717) is 41.2 Å². The normalized spacial score (nSPS) is 17.7. The van der Waals surface area contributed by atoms with Gasteiger partial charge in [0.1, 0.15) is 11.9 Å². The predicted octanol–water partition coefficient (Wildman–Crippen LogP) is 4.75. The van der Waals surface area contributed by atoms with Crippen molar-refractivity contribution in [2.75, 3.05) is 50.5 Å². The lowest BCUT2D eigenvalue weighted by Gasteiger charge is -2.38. The van der Waals surface area contributed by atoms with Gasteiger partial charge in [0.25, 0.3) is 0 Å². The van der Waals surface area contributed by atoms with Crippen LogP contribution < -0.4 is 4.90 Å². The Labute approximate surface area is 283 Å². The van der Waals surface area contributed by atoms with Crippen molar-refractivity contribution in [2.24, 2.45) is 0 Å². The van der Waals surface area contributed by atoms with E-state index in [1.807, 2.05) is 0 Å². The van der Waals surface area contributed by atoms with Gasteiger partial charge in [-0.3, -0.25) is 9.59 Å². The van der Waals surface area contributed by atoms with Crippen LogP contribution in [0.1, 0.15) is 12.8 Å². The molecule has 10 nitrogen and oxygen atoms in total. The summed E-state index contributed by atoms with van der Waals surface area (Å²) in [5, 5.41) is 1.81. The molecule has 0 saturated carbocycles. The van der Waals surface area contributed by atoms with Gasteiger partial charge in [0.15, 0.2) is 9.84 Å². The molecule has 252 valence electrons. The highest BCUT2D eigenvalue weighted by Gasteiger charge is 2.42. The zero-order valence-corrected chi connectivity index (χ0v) is 28.4. The maximum absolute atomic E-state index is 15.8. The monoisotopic (exact) mass is 713 g/mol. The van der Waals surface area contributed by atoms with Gasteiger partial charge >= 0.3 is 0 Å². The standard InChI is InChI=1S/C34H33ClFN3O7S2/c1-47(42,43)32-7-3-2-5-28(32)25-10-13-30(29(36)21-25)38-14-4-6-31(34(38)41)39(22-33(40)37-15-17-46-18-16-37)48(44,45)27-12-9-23-19-26(35)11-8-24(23)20-27/h2-3,5,7-13,19-21,31H,4,6,14-18,22H2,1H3. The van der Waals surface area contributed by atoms with Gasteiger partial charge in [0.05, 0.1) is 35.2 Å². The van der Waals surface area contributed by atoms with Gasteiger partial charge in [-0.2, -0.15) is 4.31 Å². The average molecular weight is 714 g/mol. The molecule has 2 saturated heterocycles. The zero-order valence-electron chi connectivity index (χ0n) is 26.0. The summed E-state index contributed by atoms with van der Waals surface area (Å²) in [5.74, 6) is -1.92. The lowest BCUT2D eigenvalue weighted by Crippen LogP contribution is -2.57. The number of carbonyl (C=O) groups excluding carboxylic acids is 2. The summed E-state index contributed by atoms with van der Waals surface area (Å²) in [5.41, 5.74) is 0.533. The van der Waals surface area contributed by atoms with E-state index in [4.69, 9.17) is 16.3 Å². The molecule has 0 bridgehead atoms. The highest BCUT2D eigenvalue weighted by Crippen LogP contribution is 2.34. The Balaban J connectivity index is 1.36. The molecule has 0 N–H and O–H groups in total. The minimum Gasteiger partial charge on any atom is -0.378 e. The molecular formula is C34H33ClFN3O7S2. The fourth-order valence-corrected chi connectivity index (χ4v) is 8.87.